The topological polar surface area (TPSA) is 0 Å². The summed E-state index contributed by atoms with van der Waals surface area (Å²) in [4.78, 5) is 0. The zero-order chi connectivity index (χ0) is 9.19. The zero-order valence-corrected chi connectivity index (χ0v) is 8.34. The molecule has 0 bridgehead atoms. The Morgan fingerprint density at radius 3 is 2.58 bits per heavy atom. The molecule has 0 aliphatic heterocycles. The van der Waals surface area contributed by atoms with Crippen LogP contribution >= 0.6 is 0 Å². The van der Waals surface area contributed by atoms with Gasteiger partial charge in [0.15, 0.2) is 0 Å². The Morgan fingerprint density at radius 1 is 1.58 bits per heavy atom. The minimum Gasteiger partial charge on any atom is -0.103 e. The van der Waals surface area contributed by atoms with Gasteiger partial charge in [-0.1, -0.05) is 32.4 Å². The molecular weight excluding hydrogens is 144 g/mol. The molecule has 1 aliphatic carbocycles. The Bertz CT molecular complexity index is 180. The van der Waals surface area contributed by atoms with E-state index in [2.05, 4.69) is 39.2 Å². The van der Waals surface area contributed by atoms with Gasteiger partial charge in [0.2, 0.25) is 0 Å². The van der Waals surface area contributed by atoms with Crippen LogP contribution in [0, 0.1) is 17.3 Å². The maximum absolute atomic E-state index is 3.87. The zero-order valence-electron chi connectivity index (χ0n) is 8.34. The number of hydrogen-bond donors (Lipinski definition) is 0. The maximum atomic E-state index is 3.87. The minimum atomic E-state index is 0.546. The lowest BCUT2D eigenvalue weighted by molar-refractivity contribution is 0.311. The van der Waals surface area contributed by atoms with E-state index in [1.165, 1.54) is 12.8 Å². The van der Waals surface area contributed by atoms with Crippen LogP contribution < -0.4 is 0 Å². The molecule has 0 nitrogen and oxygen atoms in total. The predicted octanol–water partition coefficient (Wildman–Crippen LogP) is 3.80. The fourth-order valence-electron chi connectivity index (χ4n) is 2.34. The summed E-state index contributed by atoms with van der Waals surface area (Å²) in [5.74, 6) is 1.58. The van der Waals surface area contributed by atoms with Crippen molar-refractivity contribution in [3.63, 3.8) is 0 Å². The summed E-state index contributed by atoms with van der Waals surface area (Å²) in [5, 5.41) is 0. The van der Waals surface area contributed by atoms with Gasteiger partial charge in [-0.3, -0.25) is 0 Å². The van der Waals surface area contributed by atoms with Crippen molar-refractivity contribution in [2.75, 3.05) is 0 Å². The molecule has 0 aromatic rings. The lowest BCUT2D eigenvalue weighted by Crippen LogP contribution is -2.12. The van der Waals surface area contributed by atoms with Crippen molar-refractivity contribution in [3.05, 3.63) is 25.3 Å². The van der Waals surface area contributed by atoms with Crippen molar-refractivity contribution in [3.8, 4) is 0 Å². The van der Waals surface area contributed by atoms with E-state index >= 15 is 0 Å². The van der Waals surface area contributed by atoms with Gasteiger partial charge < -0.3 is 0 Å². The summed E-state index contributed by atoms with van der Waals surface area (Å²) < 4.78 is 0. The first kappa shape index (κ1) is 9.57. The Labute approximate surface area is 76.4 Å². The smallest absolute Gasteiger partial charge is 0.0174 e. The fraction of sp³-hybridized carbons (Fsp3) is 0.667. The van der Waals surface area contributed by atoms with E-state index in [0.29, 0.717) is 5.41 Å². The van der Waals surface area contributed by atoms with Gasteiger partial charge in [0.05, 0.1) is 0 Å². The van der Waals surface area contributed by atoms with Gasteiger partial charge in [-0.25, -0.2) is 0 Å². The molecule has 1 rings (SSSR count). The van der Waals surface area contributed by atoms with Gasteiger partial charge in [-0.05, 0) is 30.1 Å². The van der Waals surface area contributed by atoms with Crippen LogP contribution in [0.2, 0.25) is 0 Å². The average Bonchev–Trinajstić information content (AvgIpc) is 2.74. The molecule has 0 heterocycles. The van der Waals surface area contributed by atoms with Crippen molar-refractivity contribution in [1.29, 1.82) is 0 Å². The standard InChI is InChI=1S/C12H20/c1-5-8-10(6-2)12(4)9-11(12)7-3/h5,7,10-11H,1,3,6,8-9H2,2,4H3. The van der Waals surface area contributed by atoms with Gasteiger partial charge >= 0.3 is 0 Å². The Kier molecular flexibility index (Phi) is 2.76. The molecule has 0 aromatic carbocycles. The van der Waals surface area contributed by atoms with E-state index < -0.39 is 0 Å². The largest absolute Gasteiger partial charge is 0.103 e. The molecule has 0 radical (unpaired) electrons. The van der Waals surface area contributed by atoms with Gasteiger partial charge in [-0.2, -0.15) is 0 Å². The molecule has 0 N–H and O–H groups in total. The summed E-state index contributed by atoms with van der Waals surface area (Å²) in [5.41, 5.74) is 0.546. The van der Waals surface area contributed by atoms with Crippen LogP contribution in [0.25, 0.3) is 0 Å². The van der Waals surface area contributed by atoms with Crippen molar-refractivity contribution < 1.29 is 0 Å². The van der Waals surface area contributed by atoms with E-state index in [1.807, 2.05) is 0 Å². The molecule has 3 unspecified atom stereocenters. The average molecular weight is 164 g/mol. The second kappa shape index (κ2) is 3.47. The first-order valence-corrected chi connectivity index (χ1v) is 4.92. The van der Waals surface area contributed by atoms with Crippen LogP contribution in [0.5, 0.6) is 0 Å². The van der Waals surface area contributed by atoms with Crippen LogP contribution in [0.4, 0.5) is 0 Å². The lowest BCUT2D eigenvalue weighted by Gasteiger charge is -2.21. The third-order valence-corrected chi connectivity index (χ3v) is 3.51. The Morgan fingerprint density at radius 2 is 2.25 bits per heavy atom. The highest BCUT2D eigenvalue weighted by atomic mass is 14.6. The summed E-state index contributed by atoms with van der Waals surface area (Å²) in [6, 6.07) is 0. The van der Waals surface area contributed by atoms with E-state index in [1.54, 1.807) is 0 Å². The van der Waals surface area contributed by atoms with E-state index in [4.69, 9.17) is 0 Å². The van der Waals surface area contributed by atoms with Crippen LogP contribution in [0.15, 0.2) is 25.3 Å². The summed E-state index contributed by atoms with van der Waals surface area (Å²) in [7, 11) is 0. The third-order valence-electron chi connectivity index (χ3n) is 3.51. The highest BCUT2D eigenvalue weighted by Crippen LogP contribution is 2.59. The number of rotatable bonds is 5. The summed E-state index contributed by atoms with van der Waals surface area (Å²) in [6.07, 6.45) is 7.94. The minimum absolute atomic E-state index is 0.546. The molecule has 0 aromatic heterocycles. The van der Waals surface area contributed by atoms with Gasteiger partial charge in [0, 0.05) is 0 Å². The molecule has 12 heavy (non-hydrogen) atoms. The van der Waals surface area contributed by atoms with E-state index in [-0.39, 0.29) is 0 Å². The molecule has 1 aliphatic rings. The highest BCUT2D eigenvalue weighted by molar-refractivity contribution is 5.10. The van der Waals surface area contributed by atoms with Crippen LogP contribution in [0.1, 0.15) is 33.1 Å². The molecule has 0 heteroatoms. The van der Waals surface area contributed by atoms with E-state index in [9.17, 15) is 0 Å². The molecule has 0 amide bonds. The van der Waals surface area contributed by atoms with Crippen LogP contribution in [-0.4, -0.2) is 0 Å². The molecule has 0 spiro atoms. The summed E-state index contributed by atoms with van der Waals surface area (Å²) in [6.45, 7) is 12.3. The molecule has 3 atom stereocenters. The molecular formula is C12H20. The second-order valence-electron chi connectivity index (χ2n) is 4.18. The quantitative estimate of drug-likeness (QED) is 0.542. The Hall–Kier alpha value is -0.520. The van der Waals surface area contributed by atoms with E-state index in [0.717, 1.165) is 18.3 Å². The Balaban J connectivity index is 2.55. The maximum Gasteiger partial charge on any atom is -0.0174 e. The SMILES string of the molecule is C=CCC(CC)C1(C)CC1C=C. The summed E-state index contributed by atoms with van der Waals surface area (Å²) >= 11 is 0. The third kappa shape index (κ3) is 1.48. The first-order chi connectivity index (χ1) is 5.69. The monoisotopic (exact) mass is 164 g/mol. The fourth-order valence-corrected chi connectivity index (χ4v) is 2.34. The predicted molar refractivity (Wildman–Crippen MR) is 55.0 cm³/mol. The van der Waals surface area contributed by atoms with Crippen molar-refractivity contribution >= 4 is 0 Å². The highest BCUT2D eigenvalue weighted by Gasteiger charge is 2.51. The number of allylic oxidation sites excluding steroid dienone is 2. The van der Waals surface area contributed by atoms with Gasteiger partial charge in [0.25, 0.3) is 0 Å². The molecule has 68 valence electrons. The van der Waals surface area contributed by atoms with Crippen molar-refractivity contribution in [1.82, 2.24) is 0 Å². The molecule has 1 fully saturated rings. The van der Waals surface area contributed by atoms with Gasteiger partial charge in [-0.15, -0.1) is 13.2 Å². The first-order valence-electron chi connectivity index (χ1n) is 4.92. The van der Waals surface area contributed by atoms with Crippen LogP contribution in [-0.2, 0) is 0 Å². The molecule has 0 saturated heterocycles. The van der Waals surface area contributed by atoms with Crippen molar-refractivity contribution in [2.24, 2.45) is 17.3 Å². The second-order valence-corrected chi connectivity index (χ2v) is 4.18. The molecule has 1 saturated carbocycles. The van der Waals surface area contributed by atoms with Gasteiger partial charge in [0.1, 0.15) is 0 Å². The van der Waals surface area contributed by atoms with Crippen LogP contribution in [0.3, 0.4) is 0 Å². The lowest BCUT2D eigenvalue weighted by atomic mass is 9.84. The number of hydrogen-bond acceptors (Lipinski definition) is 0. The van der Waals surface area contributed by atoms with Crippen molar-refractivity contribution in [2.45, 2.75) is 33.1 Å². The normalized spacial score (nSPS) is 35.7.